The van der Waals surface area contributed by atoms with Gasteiger partial charge in [-0.3, -0.25) is 14.9 Å². The molecule has 1 N–H and O–H groups in total. The normalized spacial score (nSPS) is 10.2. The smallest absolute Gasteiger partial charge is 0.270 e. The maximum Gasteiger partial charge on any atom is 0.270 e. The van der Waals surface area contributed by atoms with Crippen LogP contribution in [-0.2, 0) is 11.3 Å². The van der Waals surface area contributed by atoms with Gasteiger partial charge in [0.25, 0.3) is 11.6 Å². The highest BCUT2D eigenvalue weighted by atomic mass is 16.6. The molecule has 0 atom stereocenters. The number of amides is 1. The number of nitro groups is 1. The third kappa shape index (κ3) is 3.89. The summed E-state index contributed by atoms with van der Waals surface area (Å²) in [6.07, 6.45) is 0. The second kappa shape index (κ2) is 7.33. The Bertz CT molecular complexity index is 685. The molecular formula is C16H16N2O4. The molecule has 0 saturated heterocycles. The van der Waals surface area contributed by atoms with E-state index in [4.69, 9.17) is 4.74 Å². The lowest BCUT2D eigenvalue weighted by Crippen LogP contribution is -2.13. The van der Waals surface area contributed by atoms with E-state index < -0.39 is 10.8 Å². The van der Waals surface area contributed by atoms with Crippen LogP contribution in [0.5, 0.6) is 0 Å². The van der Waals surface area contributed by atoms with Gasteiger partial charge in [0.2, 0.25) is 0 Å². The molecule has 22 heavy (non-hydrogen) atoms. The molecule has 6 heteroatoms. The van der Waals surface area contributed by atoms with E-state index in [1.165, 1.54) is 24.3 Å². The lowest BCUT2D eigenvalue weighted by Gasteiger charge is -2.11. The van der Waals surface area contributed by atoms with Gasteiger partial charge in [0.15, 0.2) is 0 Å². The molecule has 6 nitrogen and oxygen atoms in total. The van der Waals surface area contributed by atoms with E-state index >= 15 is 0 Å². The summed E-state index contributed by atoms with van der Waals surface area (Å²) in [5.41, 5.74) is 1.60. The minimum Gasteiger partial charge on any atom is -0.377 e. The molecule has 114 valence electrons. The van der Waals surface area contributed by atoms with Gasteiger partial charge in [-0.25, -0.2) is 0 Å². The quantitative estimate of drug-likeness (QED) is 0.655. The van der Waals surface area contributed by atoms with Gasteiger partial charge < -0.3 is 10.1 Å². The molecule has 0 unspecified atom stereocenters. The van der Waals surface area contributed by atoms with Crippen LogP contribution in [0, 0.1) is 10.1 Å². The maximum atomic E-state index is 12.2. The number of nitrogens with one attached hydrogen (secondary N) is 1. The Morgan fingerprint density at radius 2 is 2.00 bits per heavy atom. The fourth-order valence-corrected chi connectivity index (χ4v) is 1.94. The van der Waals surface area contributed by atoms with Gasteiger partial charge >= 0.3 is 0 Å². The van der Waals surface area contributed by atoms with Crippen molar-refractivity contribution < 1.29 is 14.5 Å². The minimum atomic E-state index is -0.528. The summed E-state index contributed by atoms with van der Waals surface area (Å²) in [5.74, 6) is -0.396. The highest BCUT2D eigenvalue weighted by Gasteiger charge is 2.13. The largest absolute Gasteiger partial charge is 0.377 e. The fraction of sp³-hybridized carbons (Fsp3) is 0.188. The molecule has 0 aliphatic carbocycles. The Kier molecular flexibility index (Phi) is 5.21. The van der Waals surface area contributed by atoms with E-state index in [1.54, 1.807) is 12.1 Å². The molecule has 0 fully saturated rings. The molecule has 0 radical (unpaired) electrons. The van der Waals surface area contributed by atoms with Crippen LogP contribution >= 0.6 is 0 Å². The van der Waals surface area contributed by atoms with Crippen molar-refractivity contribution in [1.29, 1.82) is 0 Å². The number of benzene rings is 2. The van der Waals surface area contributed by atoms with Crippen molar-refractivity contribution in [3.8, 4) is 0 Å². The summed E-state index contributed by atoms with van der Waals surface area (Å²) < 4.78 is 5.36. The van der Waals surface area contributed by atoms with Crippen LogP contribution in [0.4, 0.5) is 11.4 Å². The van der Waals surface area contributed by atoms with Crippen LogP contribution in [0.2, 0.25) is 0 Å². The number of nitro benzene ring substituents is 1. The van der Waals surface area contributed by atoms with Crippen molar-refractivity contribution >= 4 is 17.3 Å². The first-order valence-corrected chi connectivity index (χ1v) is 6.83. The molecule has 2 aromatic rings. The Morgan fingerprint density at radius 3 is 2.73 bits per heavy atom. The van der Waals surface area contributed by atoms with E-state index in [0.717, 1.165) is 5.56 Å². The molecular weight excluding hydrogens is 284 g/mol. The SMILES string of the molecule is CCOCc1ccccc1NC(=O)c1cccc([N+](=O)[O-])c1. The maximum absolute atomic E-state index is 12.2. The number of para-hydroxylation sites is 1. The zero-order valence-electron chi connectivity index (χ0n) is 12.1. The van der Waals surface area contributed by atoms with Crippen LogP contribution in [0.15, 0.2) is 48.5 Å². The van der Waals surface area contributed by atoms with Gasteiger partial charge in [-0.1, -0.05) is 24.3 Å². The number of hydrogen-bond donors (Lipinski definition) is 1. The van der Waals surface area contributed by atoms with Crippen LogP contribution < -0.4 is 5.32 Å². The number of rotatable bonds is 6. The zero-order valence-corrected chi connectivity index (χ0v) is 12.1. The van der Waals surface area contributed by atoms with Gasteiger partial charge in [0.05, 0.1) is 11.5 Å². The Balaban J connectivity index is 2.18. The van der Waals surface area contributed by atoms with Gasteiger partial charge in [-0.05, 0) is 19.1 Å². The topological polar surface area (TPSA) is 81.5 Å². The summed E-state index contributed by atoms with van der Waals surface area (Å²) in [5, 5.41) is 13.5. The fourth-order valence-electron chi connectivity index (χ4n) is 1.94. The predicted octanol–water partition coefficient (Wildman–Crippen LogP) is 3.38. The zero-order chi connectivity index (χ0) is 15.9. The summed E-state index contributed by atoms with van der Waals surface area (Å²) in [6.45, 7) is 2.86. The van der Waals surface area contributed by atoms with Crippen LogP contribution in [-0.4, -0.2) is 17.4 Å². The standard InChI is InChI=1S/C16H16N2O4/c1-2-22-11-13-6-3-4-9-15(13)17-16(19)12-7-5-8-14(10-12)18(20)21/h3-10H,2,11H2,1H3,(H,17,19). The third-order valence-corrected chi connectivity index (χ3v) is 3.05. The average Bonchev–Trinajstić information content (AvgIpc) is 2.54. The van der Waals surface area contributed by atoms with Gasteiger partial charge in [0, 0.05) is 35.6 Å². The van der Waals surface area contributed by atoms with Crippen molar-refractivity contribution in [3.63, 3.8) is 0 Å². The number of ether oxygens (including phenoxy) is 1. The first-order chi connectivity index (χ1) is 10.6. The molecule has 0 saturated carbocycles. The molecule has 0 aliphatic rings. The second-order valence-corrected chi connectivity index (χ2v) is 4.56. The van der Waals surface area contributed by atoms with Crippen LogP contribution in [0.3, 0.4) is 0 Å². The monoisotopic (exact) mass is 300 g/mol. The van der Waals surface area contributed by atoms with Gasteiger partial charge in [0.1, 0.15) is 0 Å². The lowest BCUT2D eigenvalue weighted by atomic mass is 10.1. The summed E-state index contributed by atoms with van der Waals surface area (Å²) in [7, 11) is 0. The first-order valence-electron chi connectivity index (χ1n) is 6.83. The van der Waals surface area contributed by atoms with E-state index in [9.17, 15) is 14.9 Å². The van der Waals surface area contributed by atoms with Crippen LogP contribution in [0.25, 0.3) is 0 Å². The van der Waals surface area contributed by atoms with Crippen molar-refractivity contribution in [2.75, 3.05) is 11.9 Å². The molecule has 0 spiro atoms. The molecule has 2 rings (SSSR count). The number of carbonyl (C=O) groups excluding carboxylic acids is 1. The number of hydrogen-bond acceptors (Lipinski definition) is 4. The van der Waals surface area contributed by atoms with E-state index in [2.05, 4.69) is 5.32 Å². The van der Waals surface area contributed by atoms with Crippen LogP contribution in [0.1, 0.15) is 22.8 Å². The summed E-state index contributed by atoms with van der Waals surface area (Å²) >= 11 is 0. The lowest BCUT2D eigenvalue weighted by molar-refractivity contribution is -0.384. The summed E-state index contributed by atoms with van der Waals surface area (Å²) in [4.78, 5) is 22.5. The molecule has 0 heterocycles. The van der Waals surface area contributed by atoms with Gasteiger partial charge in [-0.15, -0.1) is 0 Å². The van der Waals surface area contributed by atoms with E-state index in [-0.39, 0.29) is 11.3 Å². The molecule has 0 aromatic heterocycles. The Morgan fingerprint density at radius 1 is 1.23 bits per heavy atom. The van der Waals surface area contributed by atoms with Gasteiger partial charge in [-0.2, -0.15) is 0 Å². The van der Waals surface area contributed by atoms with Crippen molar-refractivity contribution in [1.82, 2.24) is 0 Å². The van der Waals surface area contributed by atoms with Crippen molar-refractivity contribution in [2.45, 2.75) is 13.5 Å². The molecule has 1 amide bonds. The number of carbonyl (C=O) groups is 1. The van der Waals surface area contributed by atoms with Crippen molar-refractivity contribution in [2.24, 2.45) is 0 Å². The first kappa shape index (κ1) is 15.7. The van der Waals surface area contributed by atoms with E-state index in [0.29, 0.717) is 18.9 Å². The highest BCUT2D eigenvalue weighted by Crippen LogP contribution is 2.19. The van der Waals surface area contributed by atoms with Crippen molar-refractivity contribution in [3.05, 3.63) is 69.8 Å². The predicted molar refractivity (Wildman–Crippen MR) is 82.8 cm³/mol. The number of non-ortho nitro benzene ring substituents is 1. The number of nitrogens with zero attached hydrogens (tertiary/aromatic N) is 1. The average molecular weight is 300 g/mol. The highest BCUT2D eigenvalue weighted by molar-refractivity contribution is 6.05. The Hall–Kier alpha value is -2.73. The van der Waals surface area contributed by atoms with E-state index in [1.807, 2.05) is 19.1 Å². The summed E-state index contributed by atoms with van der Waals surface area (Å²) in [6, 6.07) is 12.9. The number of anilines is 1. The second-order valence-electron chi connectivity index (χ2n) is 4.56. The molecule has 0 bridgehead atoms. The molecule has 0 aliphatic heterocycles. The molecule has 2 aromatic carbocycles. The minimum absolute atomic E-state index is 0.116. The third-order valence-electron chi connectivity index (χ3n) is 3.05. The Labute approximate surface area is 127 Å².